The average molecular weight is 502 g/mol. The SMILES string of the molecule is CCOC(=O)/C=N\OC(c1ccccc1)c1cccc(-c2csc(N)n2)c1Cc1ccc(OC)cc1. The van der Waals surface area contributed by atoms with Crippen molar-refractivity contribution >= 4 is 28.7 Å². The Kier molecular flexibility index (Phi) is 8.31. The molecule has 0 radical (unpaired) electrons. The molecular formula is C28H27N3O4S. The second-order valence-corrected chi connectivity index (χ2v) is 8.74. The number of nitrogen functional groups attached to an aromatic ring is 1. The molecule has 0 aliphatic heterocycles. The highest BCUT2D eigenvalue weighted by molar-refractivity contribution is 7.13. The molecule has 0 saturated carbocycles. The molecular weight excluding hydrogens is 474 g/mol. The van der Waals surface area contributed by atoms with Crippen LogP contribution in [0.15, 0.2) is 83.3 Å². The molecule has 1 heterocycles. The van der Waals surface area contributed by atoms with Gasteiger partial charge in [-0.05, 0) is 42.2 Å². The van der Waals surface area contributed by atoms with E-state index in [-0.39, 0.29) is 6.61 Å². The molecule has 0 bridgehead atoms. The van der Waals surface area contributed by atoms with Gasteiger partial charge in [-0.1, -0.05) is 65.8 Å². The van der Waals surface area contributed by atoms with Crippen molar-refractivity contribution < 1.29 is 19.1 Å². The predicted molar refractivity (Wildman–Crippen MR) is 142 cm³/mol. The molecule has 0 spiro atoms. The van der Waals surface area contributed by atoms with Gasteiger partial charge in [0.05, 0.1) is 19.4 Å². The van der Waals surface area contributed by atoms with Crippen molar-refractivity contribution in [1.82, 2.24) is 4.98 Å². The first kappa shape index (κ1) is 24.9. The smallest absolute Gasteiger partial charge is 0.352 e. The monoisotopic (exact) mass is 501 g/mol. The van der Waals surface area contributed by atoms with Crippen LogP contribution in [-0.4, -0.2) is 30.9 Å². The fraction of sp³-hybridized carbons (Fsp3) is 0.179. The number of esters is 1. The first-order valence-corrected chi connectivity index (χ1v) is 12.3. The summed E-state index contributed by atoms with van der Waals surface area (Å²) >= 11 is 1.40. The van der Waals surface area contributed by atoms with Crippen molar-refractivity contribution in [2.24, 2.45) is 5.16 Å². The van der Waals surface area contributed by atoms with Crippen LogP contribution in [0.1, 0.15) is 35.3 Å². The lowest BCUT2D eigenvalue weighted by Crippen LogP contribution is -2.10. The Hall–Kier alpha value is -4.17. The van der Waals surface area contributed by atoms with Crippen LogP contribution in [0, 0.1) is 0 Å². The number of oxime groups is 1. The minimum atomic E-state index is -0.568. The van der Waals surface area contributed by atoms with Crippen molar-refractivity contribution in [1.29, 1.82) is 0 Å². The van der Waals surface area contributed by atoms with Crippen LogP contribution in [0.5, 0.6) is 5.75 Å². The van der Waals surface area contributed by atoms with Crippen LogP contribution >= 0.6 is 11.3 Å². The first-order chi connectivity index (χ1) is 17.6. The van der Waals surface area contributed by atoms with Gasteiger partial charge in [-0.25, -0.2) is 9.78 Å². The van der Waals surface area contributed by atoms with Crippen molar-refractivity contribution in [3.8, 4) is 17.0 Å². The maximum absolute atomic E-state index is 11.8. The molecule has 0 aliphatic rings. The highest BCUT2D eigenvalue weighted by Crippen LogP contribution is 2.36. The number of benzene rings is 3. The van der Waals surface area contributed by atoms with E-state index in [1.807, 2.05) is 78.2 Å². The van der Waals surface area contributed by atoms with E-state index in [1.165, 1.54) is 11.3 Å². The van der Waals surface area contributed by atoms with E-state index >= 15 is 0 Å². The average Bonchev–Trinajstić information content (AvgIpc) is 3.34. The first-order valence-electron chi connectivity index (χ1n) is 11.5. The number of carbonyl (C=O) groups is 1. The van der Waals surface area contributed by atoms with Gasteiger partial charge in [-0.15, -0.1) is 11.3 Å². The van der Waals surface area contributed by atoms with Gasteiger partial charge in [0, 0.05) is 16.5 Å². The summed E-state index contributed by atoms with van der Waals surface area (Å²) in [6.07, 6.45) is 1.09. The van der Waals surface area contributed by atoms with Gasteiger partial charge in [0.2, 0.25) is 0 Å². The highest BCUT2D eigenvalue weighted by atomic mass is 32.1. The summed E-state index contributed by atoms with van der Waals surface area (Å²) in [5, 5.41) is 6.42. The lowest BCUT2D eigenvalue weighted by Gasteiger charge is -2.21. The molecule has 3 aromatic carbocycles. The van der Waals surface area contributed by atoms with Crippen LogP contribution in [-0.2, 0) is 20.8 Å². The van der Waals surface area contributed by atoms with Gasteiger partial charge < -0.3 is 20.0 Å². The molecule has 1 atom stereocenters. The Morgan fingerprint density at radius 3 is 2.53 bits per heavy atom. The van der Waals surface area contributed by atoms with Gasteiger partial charge in [0.1, 0.15) is 5.75 Å². The quantitative estimate of drug-likeness (QED) is 0.171. The molecule has 4 aromatic rings. The van der Waals surface area contributed by atoms with E-state index in [0.29, 0.717) is 11.6 Å². The van der Waals surface area contributed by atoms with Gasteiger partial charge in [-0.2, -0.15) is 0 Å². The van der Waals surface area contributed by atoms with Crippen molar-refractivity contribution in [3.05, 3.63) is 100 Å². The highest BCUT2D eigenvalue weighted by Gasteiger charge is 2.23. The van der Waals surface area contributed by atoms with Crippen molar-refractivity contribution in [3.63, 3.8) is 0 Å². The lowest BCUT2D eigenvalue weighted by atomic mass is 9.88. The fourth-order valence-corrected chi connectivity index (χ4v) is 4.45. The number of carbonyl (C=O) groups excluding carboxylic acids is 1. The number of nitrogens with two attached hydrogens (primary N) is 1. The fourth-order valence-electron chi connectivity index (χ4n) is 3.89. The zero-order valence-corrected chi connectivity index (χ0v) is 20.9. The number of nitrogens with zero attached hydrogens (tertiary/aromatic N) is 2. The van der Waals surface area contributed by atoms with Crippen LogP contribution in [0.25, 0.3) is 11.3 Å². The molecule has 36 heavy (non-hydrogen) atoms. The van der Waals surface area contributed by atoms with Crippen molar-refractivity contribution in [2.75, 3.05) is 19.5 Å². The van der Waals surface area contributed by atoms with E-state index in [9.17, 15) is 4.79 Å². The third-order valence-electron chi connectivity index (χ3n) is 5.55. The van der Waals surface area contributed by atoms with E-state index in [4.69, 9.17) is 20.0 Å². The minimum Gasteiger partial charge on any atom is -0.497 e. The lowest BCUT2D eigenvalue weighted by molar-refractivity contribution is -0.134. The standard InChI is InChI=1S/C28H27N3O4S/c1-3-34-26(32)17-30-35-27(20-8-5-4-6-9-20)23-11-7-10-22(25-18-36-28(29)31-25)24(23)16-19-12-14-21(33-2)15-13-19/h4-15,17-18,27H,3,16H2,1-2H3,(H2,29,31)/b30-17-. The van der Waals surface area contributed by atoms with Gasteiger partial charge in [-0.3, -0.25) is 0 Å². The Bertz CT molecular complexity index is 1320. The van der Waals surface area contributed by atoms with Crippen LogP contribution in [0.3, 0.4) is 0 Å². The molecule has 2 N–H and O–H groups in total. The number of hydrogen-bond acceptors (Lipinski definition) is 8. The summed E-state index contributed by atoms with van der Waals surface area (Å²) in [6, 6.07) is 23.7. The largest absolute Gasteiger partial charge is 0.497 e. The normalized spacial score (nSPS) is 11.8. The number of rotatable bonds is 10. The number of methoxy groups -OCH3 is 1. The second-order valence-electron chi connectivity index (χ2n) is 7.85. The molecule has 184 valence electrons. The summed E-state index contributed by atoms with van der Waals surface area (Å²) in [7, 11) is 1.65. The molecule has 8 heteroatoms. The van der Waals surface area contributed by atoms with E-state index in [2.05, 4.69) is 10.1 Å². The van der Waals surface area contributed by atoms with Gasteiger partial charge in [0.15, 0.2) is 17.5 Å². The van der Waals surface area contributed by atoms with E-state index in [0.717, 1.165) is 45.5 Å². The maximum atomic E-state index is 11.8. The van der Waals surface area contributed by atoms with Gasteiger partial charge in [0.25, 0.3) is 0 Å². The van der Waals surface area contributed by atoms with Crippen LogP contribution in [0.2, 0.25) is 0 Å². The zero-order chi connectivity index (χ0) is 25.3. The summed E-state index contributed by atoms with van der Waals surface area (Å²) in [5.41, 5.74) is 11.6. The van der Waals surface area contributed by atoms with Crippen LogP contribution < -0.4 is 10.5 Å². The third kappa shape index (κ3) is 6.09. The van der Waals surface area contributed by atoms with Crippen LogP contribution in [0.4, 0.5) is 5.13 Å². The van der Waals surface area contributed by atoms with Crippen molar-refractivity contribution in [2.45, 2.75) is 19.4 Å². The number of thiazole rings is 1. The summed E-state index contributed by atoms with van der Waals surface area (Å²) in [5.74, 6) is 0.229. The number of hydrogen-bond donors (Lipinski definition) is 1. The molecule has 0 amide bonds. The third-order valence-corrected chi connectivity index (χ3v) is 6.22. The number of aromatic nitrogens is 1. The van der Waals surface area contributed by atoms with E-state index < -0.39 is 12.1 Å². The summed E-state index contributed by atoms with van der Waals surface area (Å²) < 4.78 is 10.3. The summed E-state index contributed by atoms with van der Waals surface area (Å²) in [6.45, 7) is 2.00. The number of anilines is 1. The Labute approximate surface area is 214 Å². The predicted octanol–water partition coefficient (Wildman–Crippen LogP) is 5.65. The minimum absolute atomic E-state index is 0.262. The molecule has 0 aliphatic carbocycles. The topological polar surface area (TPSA) is 96.0 Å². The molecule has 0 fully saturated rings. The Morgan fingerprint density at radius 1 is 1.08 bits per heavy atom. The molecule has 1 aromatic heterocycles. The summed E-state index contributed by atoms with van der Waals surface area (Å²) in [4.78, 5) is 22.3. The second kappa shape index (κ2) is 12.0. The Balaban J connectivity index is 1.81. The number of ether oxygens (including phenoxy) is 2. The molecule has 4 rings (SSSR count). The molecule has 1 unspecified atom stereocenters. The molecule has 0 saturated heterocycles. The molecule has 7 nitrogen and oxygen atoms in total. The Morgan fingerprint density at radius 2 is 1.86 bits per heavy atom. The maximum Gasteiger partial charge on any atom is 0.352 e. The zero-order valence-electron chi connectivity index (χ0n) is 20.1. The van der Waals surface area contributed by atoms with Gasteiger partial charge >= 0.3 is 5.97 Å². The van der Waals surface area contributed by atoms with E-state index in [1.54, 1.807) is 14.0 Å².